The fraction of sp³-hybridized carbons (Fsp3) is 0.261. The molecule has 36 heavy (non-hydrogen) atoms. The summed E-state index contributed by atoms with van der Waals surface area (Å²) in [6, 6.07) is 9.01. The van der Waals surface area contributed by atoms with Crippen LogP contribution in [0.3, 0.4) is 0 Å². The van der Waals surface area contributed by atoms with Crippen LogP contribution in [0, 0.1) is 6.92 Å². The van der Waals surface area contributed by atoms with Crippen molar-refractivity contribution in [2.24, 2.45) is 7.05 Å². The molecular weight excluding hydrogens is 501 g/mol. The summed E-state index contributed by atoms with van der Waals surface area (Å²) in [4.78, 5) is 26.2. The summed E-state index contributed by atoms with van der Waals surface area (Å²) in [6.45, 7) is 1.63. The Labute approximate surface area is 207 Å². The van der Waals surface area contributed by atoms with Crippen molar-refractivity contribution in [3.05, 3.63) is 81.3 Å². The van der Waals surface area contributed by atoms with E-state index in [-0.39, 0.29) is 16.5 Å². The number of aromatic nitrogens is 4. The van der Waals surface area contributed by atoms with Gasteiger partial charge in [0.05, 0.1) is 23.7 Å². The van der Waals surface area contributed by atoms with Gasteiger partial charge in [-0.1, -0.05) is 29.8 Å². The van der Waals surface area contributed by atoms with E-state index in [1.165, 1.54) is 10.9 Å². The zero-order chi connectivity index (χ0) is 25.8. The van der Waals surface area contributed by atoms with Crippen LogP contribution in [-0.2, 0) is 7.05 Å². The Morgan fingerprint density at radius 3 is 2.58 bits per heavy atom. The lowest BCUT2D eigenvalue weighted by Gasteiger charge is -2.32. The number of nitrogens with one attached hydrogen (secondary N) is 2. The molecule has 0 bridgehead atoms. The molecule has 1 amide bonds. The number of nitrogens with zero attached hydrogens (tertiary/aromatic N) is 4. The van der Waals surface area contributed by atoms with Crippen molar-refractivity contribution in [3.63, 3.8) is 0 Å². The van der Waals surface area contributed by atoms with Gasteiger partial charge in [0.15, 0.2) is 11.7 Å². The highest BCUT2D eigenvalue weighted by atomic mass is 35.5. The fourth-order valence-corrected chi connectivity index (χ4v) is 4.56. The van der Waals surface area contributed by atoms with Crippen LogP contribution in [0.5, 0.6) is 0 Å². The van der Waals surface area contributed by atoms with Crippen LogP contribution in [0.25, 0.3) is 5.69 Å². The smallest absolute Gasteiger partial charge is 0.410 e. The first-order valence-corrected chi connectivity index (χ1v) is 11.3. The molecule has 1 aliphatic rings. The van der Waals surface area contributed by atoms with Crippen molar-refractivity contribution in [3.8, 4) is 5.69 Å². The van der Waals surface area contributed by atoms with Crippen LogP contribution in [-0.4, -0.2) is 31.2 Å². The van der Waals surface area contributed by atoms with Gasteiger partial charge in [0.25, 0.3) is 11.5 Å². The molecule has 2 N–H and O–H groups in total. The largest absolute Gasteiger partial charge is 0.467 e. The normalized spacial score (nSPS) is 17.5. The number of rotatable bonds is 4. The van der Waals surface area contributed by atoms with Gasteiger partial charge >= 0.3 is 6.18 Å². The van der Waals surface area contributed by atoms with E-state index in [1.807, 2.05) is 0 Å². The lowest BCUT2D eigenvalue weighted by atomic mass is 10.0. The minimum Gasteiger partial charge on any atom is -0.467 e. The van der Waals surface area contributed by atoms with Gasteiger partial charge in [0.2, 0.25) is 0 Å². The molecule has 0 fully saturated rings. The first-order chi connectivity index (χ1) is 17.1. The maximum absolute atomic E-state index is 13.9. The third kappa shape index (κ3) is 3.87. The monoisotopic (exact) mass is 520 g/mol. The minimum absolute atomic E-state index is 0.0396. The molecule has 1 aromatic carbocycles. The van der Waals surface area contributed by atoms with Crippen LogP contribution < -0.4 is 16.2 Å². The second-order valence-electron chi connectivity index (χ2n) is 8.35. The van der Waals surface area contributed by atoms with Crippen LogP contribution in [0.1, 0.15) is 40.4 Å². The molecule has 13 heteroatoms. The predicted molar refractivity (Wildman–Crippen MR) is 126 cm³/mol. The Bertz CT molecular complexity index is 1490. The van der Waals surface area contributed by atoms with Gasteiger partial charge in [-0.3, -0.25) is 14.3 Å². The second kappa shape index (κ2) is 8.63. The molecule has 188 valence electrons. The Hall–Kier alpha value is -3.93. The van der Waals surface area contributed by atoms with Gasteiger partial charge in [-0.05, 0) is 31.2 Å². The van der Waals surface area contributed by atoms with Gasteiger partial charge in [-0.15, -0.1) is 0 Å². The highest BCUT2D eigenvalue weighted by molar-refractivity contribution is 6.36. The Kier molecular flexibility index (Phi) is 5.70. The van der Waals surface area contributed by atoms with Crippen molar-refractivity contribution in [1.29, 1.82) is 0 Å². The van der Waals surface area contributed by atoms with Crippen LogP contribution in [0.15, 0.2) is 57.9 Å². The Morgan fingerprint density at radius 2 is 1.94 bits per heavy atom. The molecule has 0 radical (unpaired) electrons. The lowest BCUT2D eigenvalue weighted by molar-refractivity contribution is -0.174. The number of furan rings is 1. The maximum Gasteiger partial charge on any atom is 0.410 e. The van der Waals surface area contributed by atoms with Crippen LogP contribution in [0.2, 0.25) is 5.02 Å². The van der Waals surface area contributed by atoms with E-state index in [9.17, 15) is 22.8 Å². The van der Waals surface area contributed by atoms with Crippen LogP contribution in [0.4, 0.5) is 24.7 Å². The van der Waals surface area contributed by atoms with Gasteiger partial charge in [0.1, 0.15) is 22.3 Å². The molecular formula is C23H20ClF3N6O3. The van der Waals surface area contributed by atoms with E-state index >= 15 is 0 Å². The number of amides is 1. The SMILES string of the molecule is Cc1c(NC(=O)c2nn3c(c2Cl)NC(c2ccco2)CC3C(F)(F)F)c(=O)n(-c2ccccc2)n1C. The highest BCUT2D eigenvalue weighted by Gasteiger charge is 2.48. The predicted octanol–water partition coefficient (Wildman–Crippen LogP) is 4.84. The molecule has 4 aromatic rings. The van der Waals surface area contributed by atoms with Crippen molar-refractivity contribution in [1.82, 2.24) is 19.1 Å². The number of alkyl halides is 3. The van der Waals surface area contributed by atoms with E-state index in [2.05, 4.69) is 15.7 Å². The number of benzene rings is 1. The zero-order valence-electron chi connectivity index (χ0n) is 19.0. The van der Waals surface area contributed by atoms with E-state index < -0.39 is 41.8 Å². The summed E-state index contributed by atoms with van der Waals surface area (Å²) in [7, 11) is 1.65. The van der Waals surface area contributed by atoms with E-state index in [0.29, 0.717) is 21.8 Å². The lowest BCUT2D eigenvalue weighted by Crippen LogP contribution is -2.35. The van der Waals surface area contributed by atoms with Gasteiger partial charge in [-0.2, -0.15) is 18.3 Å². The summed E-state index contributed by atoms with van der Waals surface area (Å²) in [5, 5.41) is 8.98. The maximum atomic E-state index is 13.9. The average molecular weight is 521 g/mol. The fourth-order valence-electron chi connectivity index (χ4n) is 4.30. The van der Waals surface area contributed by atoms with Crippen LogP contribution >= 0.6 is 11.6 Å². The standard InChI is InChI=1S/C23H20ClF3N6O3/c1-12-18(22(35)33(31(12)2)13-7-4-3-5-8-13)29-21(34)19-17(24)20-28-14(15-9-6-10-36-15)11-16(23(25,26)27)32(20)30-19/h3-10,14,16,28H,11H2,1-2H3,(H,29,34). The number of hydrogen-bond acceptors (Lipinski definition) is 5. The number of anilines is 2. The Morgan fingerprint density at radius 1 is 1.22 bits per heavy atom. The highest BCUT2D eigenvalue weighted by Crippen LogP contribution is 2.46. The number of hydrogen-bond donors (Lipinski definition) is 2. The molecule has 0 saturated heterocycles. The van der Waals surface area contributed by atoms with E-state index in [1.54, 1.807) is 61.1 Å². The second-order valence-corrected chi connectivity index (χ2v) is 8.73. The molecule has 0 aliphatic carbocycles. The van der Waals surface area contributed by atoms with Gasteiger partial charge in [-0.25, -0.2) is 9.36 Å². The van der Waals surface area contributed by atoms with Crippen molar-refractivity contribution in [2.45, 2.75) is 31.6 Å². The first-order valence-electron chi connectivity index (χ1n) is 10.9. The van der Waals surface area contributed by atoms with E-state index in [4.69, 9.17) is 16.0 Å². The molecule has 2 atom stereocenters. The molecule has 3 aromatic heterocycles. The number of carbonyl (C=O) groups excluding carboxylic acids is 1. The Balaban J connectivity index is 1.52. The zero-order valence-corrected chi connectivity index (χ0v) is 19.8. The molecule has 4 heterocycles. The molecule has 0 spiro atoms. The molecule has 2 unspecified atom stereocenters. The van der Waals surface area contributed by atoms with Gasteiger partial charge in [0, 0.05) is 13.5 Å². The topological polar surface area (TPSA) is 99.0 Å². The molecule has 0 saturated carbocycles. The molecule has 1 aliphatic heterocycles. The van der Waals surface area contributed by atoms with Crippen molar-refractivity contribution < 1.29 is 22.4 Å². The number of fused-ring (bicyclic) bond motifs is 1. The first kappa shape index (κ1) is 23.8. The summed E-state index contributed by atoms with van der Waals surface area (Å²) in [5.41, 5.74) is 0.00943. The number of carbonyl (C=O) groups is 1. The summed E-state index contributed by atoms with van der Waals surface area (Å²) >= 11 is 6.36. The van der Waals surface area contributed by atoms with Gasteiger partial charge < -0.3 is 15.1 Å². The quantitative estimate of drug-likeness (QED) is 0.401. The summed E-state index contributed by atoms with van der Waals surface area (Å²) in [6.07, 6.45) is -3.72. The summed E-state index contributed by atoms with van der Waals surface area (Å²) < 4.78 is 50.6. The minimum atomic E-state index is -4.66. The number of halogens is 4. The van der Waals surface area contributed by atoms with Crippen molar-refractivity contribution in [2.75, 3.05) is 10.6 Å². The number of para-hydroxylation sites is 1. The molecule has 9 nitrogen and oxygen atoms in total. The van der Waals surface area contributed by atoms with Crippen molar-refractivity contribution >= 4 is 29.0 Å². The third-order valence-corrected chi connectivity index (χ3v) is 6.55. The summed E-state index contributed by atoms with van der Waals surface area (Å²) in [5.74, 6) is -0.784. The molecule has 5 rings (SSSR count). The van der Waals surface area contributed by atoms with E-state index in [0.717, 1.165) is 0 Å². The third-order valence-electron chi connectivity index (χ3n) is 6.19. The average Bonchev–Trinajstić information content (AvgIpc) is 3.54.